The smallest absolute Gasteiger partial charge is 0.404 e. The zero-order chi connectivity index (χ0) is 25.3. The molecule has 0 fully saturated rings. The van der Waals surface area contributed by atoms with Gasteiger partial charge < -0.3 is 26.4 Å². The highest BCUT2D eigenvalue weighted by atomic mass is 16.4. The van der Waals surface area contributed by atoms with Crippen LogP contribution in [-0.4, -0.2) is 54.1 Å². The minimum Gasteiger partial charge on any atom is -0.465 e. The van der Waals surface area contributed by atoms with Gasteiger partial charge in [0.25, 0.3) is 0 Å². The van der Waals surface area contributed by atoms with Crippen LogP contribution in [0, 0.1) is 0 Å². The van der Waals surface area contributed by atoms with Gasteiger partial charge in [0.15, 0.2) is 0 Å². The van der Waals surface area contributed by atoms with Crippen molar-refractivity contribution in [2.24, 2.45) is 5.73 Å². The second kappa shape index (κ2) is 11.8. The number of amides is 3. The fourth-order valence-corrected chi connectivity index (χ4v) is 4.05. The number of hydrogen-bond acceptors (Lipinski definition) is 4. The van der Waals surface area contributed by atoms with Crippen LogP contribution in [0.25, 0.3) is 0 Å². The molecular formula is C27H30N4O4. The van der Waals surface area contributed by atoms with E-state index in [1.807, 2.05) is 91.0 Å². The zero-order valence-electron chi connectivity index (χ0n) is 19.6. The van der Waals surface area contributed by atoms with Crippen molar-refractivity contribution in [1.82, 2.24) is 15.5 Å². The van der Waals surface area contributed by atoms with Crippen LogP contribution < -0.4 is 16.4 Å². The maximum absolute atomic E-state index is 13.4. The molecule has 0 bridgehead atoms. The van der Waals surface area contributed by atoms with Gasteiger partial charge in [0.2, 0.25) is 11.8 Å². The summed E-state index contributed by atoms with van der Waals surface area (Å²) in [4.78, 5) is 38.0. The van der Waals surface area contributed by atoms with Gasteiger partial charge in [-0.15, -0.1) is 0 Å². The number of benzene rings is 3. The molecule has 35 heavy (non-hydrogen) atoms. The van der Waals surface area contributed by atoms with Crippen LogP contribution >= 0.6 is 0 Å². The average molecular weight is 475 g/mol. The summed E-state index contributed by atoms with van der Waals surface area (Å²) in [6, 6.07) is 27.9. The van der Waals surface area contributed by atoms with Gasteiger partial charge in [-0.25, -0.2) is 4.79 Å². The van der Waals surface area contributed by atoms with Crippen LogP contribution in [-0.2, 0) is 15.1 Å². The minimum atomic E-state index is -1.17. The Kier molecular flexibility index (Phi) is 8.58. The average Bonchev–Trinajstić information content (AvgIpc) is 2.88. The molecule has 182 valence electrons. The maximum Gasteiger partial charge on any atom is 0.404 e. The number of carboxylic acid groups (broad SMARTS) is 1. The summed E-state index contributed by atoms with van der Waals surface area (Å²) in [5.41, 5.74) is 7.69. The van der Waals surface area contributed by atoms with E-state index < -0.39 is 23.6 Å². The number of likely N-dealkylation sites (N-methyl/N-ethyl adjacent to an activating group) is 1. The van der Waals surface area contributed by atoms with E-state index in [1.165, 1.54) is 11.9 Å². The maximum atomic E-state index is 13.4. The van der Waals surface area contributed by atoms with Gasteiger partial charge in [-0.2, -0.15) is 0 Å². The number of nitrogens with zero attached hydrogens (tertiary/aromatic N) is 1. The van der Waals surface area contributed by atoms with E-state index in [-0.39, 0.29) is 25.4 Å². The predicted octanol–water partition coefficient (Wildman–Crippen LogP) is 2.54. The summed E-state index contributed by atoms with van der Waals surface area (Å²) in [7, 11) is 1.52. The Labute approximate surface area is 204 Å². The molecule has 0 aliphatic rings. The van der Waals surface area contributed by atoms with Crippen molar-refractivity contribution in [2.45, 2.75) is 18.0 Å². The molecule has 1 atom stereocenters. The number of hydrogen-bond donors (Lipinski definition) is 4. The van der Waals surface area contributed by atoms with Crippen molar-refractivity contribution < 1.29 is 19.5 Å². The first-order valence-electron chi connectivity index (χ1n) is 11.3. The van der Waals surface area contributed by atoms with Gasteiger partial charge >= 0.3 is 6.09 Å². The molecule has 3 amide bonds. The van der Waals surface area contributed by atoms with Crippen molar-refractivity contribution in [3.05, 3.63) is 108 Å². The highest BCUT2D eigenvalue weighted by Gasteiger charge is 2.38. The van der Waals surface area contributed by atoms with Crippen LogP contribution in [0.15, 0.2) is 91.0 Å². The van der Waals surface area contributed by atoms with E-state index in [0.29, 0.717) is 0 Å². The number of nitrogens with one attached hydrogen (secondary N) is 2. The topological polar surface area (TPSA) is 125 Å². The Balaban J connectivity index is 1.89. The fraction of sp³-hybridized carbons (Fsp3) is 0.222. The van der Waals surface area contributed by atoms with Gasteiger partial charge in [-0.3, -0.25) is 9.59 Å². The lowest BCUT2D eigenvalue weighted by atomic mass is 9.77. The molecule has 8 nitrogen and oxygen atoms in total. The molecule has 8 heteroatoms. The Bertz CT molecular complexity index is 1030. The van der Waals surface area contributed by atoms with Crippen molar-refractivity contribution >= 4 is 17.9 Å². The van der Waals surface area contributed by atoms with E-state index in [1.54, 1.807) is 0 Å². The van der Waals surface area contributed by atoms with E-state index >= 15 is 0 Å². The zero-order valence-corrected chi connectivity index (χ0v) is 19.6. The van der Waals surface area contributed by atoms with Crippen LogP contribution in [0.2, 0.25) is 0 Å². The third-order valence-corrected chi connectivity index (χ3v) is 5.77. The van der Waals surface area contributed by atoms with E-state index in [4.69, 9.17) is 10.8 Å². The second-order valence-corrected chi connectivity index (χ2v) is 8.20. The third-order valence-electron chi connectivity index (χ3n) is 5.77. The first kappa shape index (κ1) is 25.5. The van der Waals surface area contributed by atoms with Crippen LogP contribution in [0.4, 0.5) is 4.79 Å². The minimum absolute atomic E-state index is 0.0651. The standard InChI is InChI=1S/C27H30N4O4/c1-31(18-17-29-26(34)35)25(33)23(28)19-24(32)30-27(20-11-5-2-6-12-20,21-13-7-3-8-14-21)22-15-9-4-10-16-22/h2-16,23,29H,17-19,28H2,1H3,(H,30,32)(H,34,35). The van der Waals surface area contributed by atoms with Crippen LogP contribution in [0.1, 0.15) is 23.1 Å². The Morgan fingerprint density at radius 1 is 0.857 bits per heavy atom. The van der Waals surface area contributed by atoms with Gasteiger partial charge in [0.05, 0.1) is 12.5 Å². The molecular weight excluding hydrogens is 444 g/mol. The quantitative estimate of drug-likeness (QED) is 0.336. The SMILES string of the molecule is CN(CCNC(=O)O)C(=O)C(N)CC(=O)NC(c1ccccc1)(c1ccccc1)c1ccccc1. The highest BCUT2D eigenvalue weighted by Crippen LogP contribution is 2.36. The molecule has 0 aliphatic carbocycles. The second-order valence-electron chi connectivity index (χ2n) is 8.20. The fourth-order valence-electron chi connectivity index (χ4n) is 4.05. The summed E-state index contributed by atoms with van der Waals surface area (Å²) in [6.45, 7) is 0.206. The van der Waals surface area contributed by atoms with Crippen LogP contribution in [0.5, 0.6) is 0 Å². The van der Waals surface area contributed by atoms with Gasteiger partial charge in [0, 0.05) is 20.1 Å². The molecule has 0 saturated heterocycles. The lowest BCUT2D eigenvalue weighted by Gasteiger charge is -2.37. The molecule has 5 N–H and O–H groups in total. The largest absolute Gasteiger partial charge is 0.465 e. The summed E-state index contributed by atoms with van der Waals surface area (Å²) >= 11 is 0. The molecule has 0 spiro atoms. The monoisotopic (exact) mass is 474 g/mol. The third kappa shape index (κ3) is 6.24. The summed E-state index contributed by atoms with van der Waals surface area (Å²) in [5.74, 6) is -0.837. The molecule has 0 radical (unpaired) electrons. The van der Waals surface area contributed by atoms with Crippen molar-refractivity contribution in [1.29, 1.82) is 0 Å². The number of carbonyl (C=O) groups is 3. The van der Waals surface area contributed by atoms with Crippen molar-refractivity contribution in [3.63, 3.8) is 0 Å². The normalized spacial score (nSPS) is 11.8. The van der Waals surface area contributed by atoms with Gasteiger partial charge in [-0.05, 0) is 16.7 Å². The first-order valence-corrected chi connectivity index (χ1v) is 11.3. The summed E-state index contributed by atoms with van der Waals surface area (Å²) < 4.78 is 0. The molecule has 1 unspecified atom stereocenters. The number of nitrogens with two attached hydrogens (primary N) is 1. The van der Waals surface area contributed by atoms with Crippen molar-refractivity contribution in [2.75, 3.05) is 20.1 Å². The molecule has 3 aromatic carbocycles. The van der Waals surface area contributed by atoms with E-state index in [2.05, 4.69) is 10.6 Å². The lowest BCUT2D eigenvalue weighted by Crippen LogP contribution is -2.51. The number of carbonyl (C=O) groups excluding carboxylic acids is 2. The molecule has 3 rings (SSSR count). The Morgan fingerprint density at radius 3 is 1.69 bits per heavy atom. The molecule has 0 heterocycles. The molecule has 0 saturated carbocycles. The van der Waals surface area contributed by atoms with E-state index in [9.17, 15) is 14.4 Å². The predicted molar refractivity (Wildman–Crippen MR) is 134 cm³/mol. The first-order chi connectivity index (χ1) is 16.8. The molecule has 0 aromatic heterocycles. The van der Waals surface area contributed by atoms with Gasteiger partial charge in [-0.1, -0.05) is 91.0 Å². The van der Waals surface area contributed by atoms with Gasteiger partial charge in [0.1, 0.15) is 5.54 Å². The van der Waals surface area contributed by atoms with Crippen molar-refractivity contribution in [3.8, 4) is 0 Å². The molecule has 0 aliphatic heterocycles. The molecule has 3 aromatic rings. The van der Waals surface area contributed by atoms with Crippen LogP contribution in [0.3, 0.4) is 0 Å². The highest BCUT2D eigenvalue weighted by molar-refractivity contribution is 5.89. The summed E-state index contributed by atoms with van der Waals surface area (Å²) in [6.07, 6.45) is -1.40. The number of rotatable bonds is 10. The summed E-state index contributed by atoms with van der Waals surface area (Å²) in [5, 5.41) is 14.1. The lowest BCUT2D eigenvalue weighted by molar-refractivity contribution is -0.134. The van der Waals surface area contributed by atoms with E-state index in [0.717, 1.165) is 16.7 Å². The Hall–Kier alpha value is -4.17. The Morgan fingerprint density at radius 2 is 1.29 bits per heavy atom.